The highest BCUT2D eigenvalue weighted by molar-refractivity contribution is 6.17. The molecule has 1 heterocycles. The van der Waals surface area contributed by atoms with Crippen LogP contribution < -0.4 is 0 Å². The van der Waals surface area contributed by atoms with Crippen molar-refractivity contribution < 1.29 is 14.3 Å². The third kappa shape index (κ3) is 1.27. The van der Waals surface area contributed by atoms with Gasteiger partial charge in [0.15, 0.2) is 23.3 Å². The van der Waals surface area contributed by atoms with E-state index in [0.717, 1.165) is 11.1 Å². The summed E-state index contributed by atoms with van der Waals surface area (Å²) in [4.78, 5) is 26.3. The van der Waals surface area contributed by atoms with Crippen molar-refractivity contribution in [2.75, 3.05) is 0 Å². The summed E-state index contributed by atoms with van der Waals surface area (Å²) in [6.45, 7) is 3.70. The highest BCUT2D eigenvalue weighted by Gasteiger charge is 2.90. The first-order chi connectivity index (χ1) is 11.5. The van der Waals surface area contributed by atoms with E-state index in [9.17, 15) is 9.59 Å². The number of fused-ring (bicyclic) bond motifs is 2. The van der Waals surface area contributed by atoms with Crippen LogP contribution in [0.5, 0.6) is 0 Å². The molecule has 1 aliphatic heterocycles. The maximum absolute atomic E-state index is 13.2. The minimum Gasteiger partial charge on any atom is -0.350 e. The van der Waals surface area contributed by atoms with Gasteiger partial charge in [-0.2, -0.15) is 0 Å². The van der Waals surface area contributed by atoms with E-state index < -0.39 is 22.5 Å². The predicted octanol–water partition coefficient (Wildman–Crippen LogP) is 2.92. The molecule has 1 saturated heterocycles. The van der Waals surface area contributed by atoms with Crippen LogP contribution >= 0.6 is 0 Å². The Kier molecular flexibility index (Phi) is 2.37. The minimum absolute atomic E-state index is 0.0716. The summed E-state index contributed by atoms with van der Waals surface area (Å²) >= 11 is 0. The highest BCUT2D eigenvalue weighted by atomic mass is 16.6. The second kappa shape index (κ2) is 4.04. The lowest BCUT2D eigenvalue weighted by atomic mass is 9.78. The fourth-order valence-electron chi connectivity index (χ4n) is 5.18. The van der Waals surface area contributed by atoms with Gasteiger partial charge in [0.25, 0.3) is 0 Å². The largest absolute Gasteiger partial charge is 0.350 e. The van der Waals surface area contributed by atoms with Gasteiger partial charge in [-0.25, -0.2) is 0 Å². The molecule has 0 amide bonds. The molecule has 5 rings (SSSR count). The Hall–Kier alpha value is -2.26. The quantitative estimate of drug-likeness (QED) is 0.800. The van der Waals surface area contributed by atoms with E-state index in [1.807, 2.05) is 67.6 Å². The molecular weight excluding hydrogens is 300 g/mol. The Bertz CT molecular complexity index is 831. The summed E-state index contributed by atoms with van der Waals surface area (Å²) in [5.41, 5.74) is -0.144. The van der Waals surface area contributed by atoms with Gasteiger partial charge in [0.05, 0.1) is 5.41 Å². The first-order valence-corrected chi connectivity index (χ1v) is 8.36. The SMILES string of the molecule is C[C@]12C(=O)[C@@H]3O[C@]3(C)C(=O)[C@H]1C2(c1ccccc1)c1ccccc1. The molecule has 0 N–H and O–H groups in total. The number of carbonyl (C=O) groups is 2. The molecule has 0 aromatic heterocycles. The average molecular weight is 318 g/mol. The molecule has 0 spiro atoms. The number of carbonyl (C=O) groups excluding carboxylic acids is 2. The number of rotatable bonds is 2. The second-order valence-electron chi connectivity index (χ2n) is 7.51. The zero-order valence-corrected chi connectivity index (χ0v) is 13.7. The van der Waals surface area contributed by atoms with Gasteiger partial charge in [-0.1, -0.05) is 67.6 Å². The van der Waals surface area contributed by atoms with E-state index in [0.29, 0.717) is 0 Å². The maximum Gasteiger partial charge on any atom is 0.172 e. The van der Waals surface area contributed by atoms with Crippen LogP contribution in [0.1, 0.15) is 25.0 Å². The van der Waals surface area contributed by atoms with Crippen molar-refractivity contribution in [2.24, 2.45) is 11.3 Å². The molecule has 4 atom stereocenters. The van der Waals surface area contributed by atoms with Crippen LogP contribution in [0, 0.1) is 11.3 Å². The van der Waals surface area contributed by atoms with Crippen molar-refractivity contribution in [1.82, 2.24) is 0 Å². The molecule has 120 valence electrons. The van der Waals surface area contributed by atoms with Crippen molar-refractivity contribution >= 4 is 11.6 Å². The molecule has 0 bridgehead atoms. The van der Waals surface area contributed by atoms with Crippen LogP contribution in [-0.4, -0.2) is 23.3 Å². The summed E-state index contributed by atoms with van der Waals surface area (Å²) in [5, 5.41) is 0. The molecule has 2 aromatic carbocycles. The lowest BCUT2D eigenvalue weighted by Gasteiger charge is -2.23. The summed E-state index contributed by atoms with van der Waals surface area (Å²) < 4.78 is 5.52. The Morgan fingerprint density at radius 3 is 1.79 bits per heavy atom. The smallest absolute Gasteiger partial charge is 0.172 e. The van der Waals surface area contributed by atoms with E-state index in [1.54, 1.807) is 6.92 Å². The van der Waals surface area contributed by atoms with Crippen LogP contribution in [0.4, 0.5) is 0 Å². The van der Waals surface area contributed by atoms with Crippen molar-refractivity contribution in [3.63, 3.8) is 0 Å². The lowest BCUT2D eigenvalue weighted by molar-refractivity contribution is -0.132. The zero-order chi connectivity index (χ0) is 16.7. The Morgan fingerprint density at radius 1 is 0.792 bits per heavy atom. The monoisotopic (exact) mass is 318 g/mol. The number of epoxide rings is 1. The highest BCUT2D eigenvalue weighted by Crippen LogP contribution is 2.78. The molecule has 3 fully saturated rings. The standard InChI is InChI=1S/C21H18O3/c1-19-15(16(22)20(2)18(24-20)17(19)23)21(19,13-9-5-3-6-10-13)14-11-7-4-8-12-14/h3-12,15,18H,1-2H3/t15-,18+,19-,20-/m1/s1. The van der Waals surface area contributed by atoms with Gasteiger partial charge in [0.1, 0.15) is 0 Å². The van der Waals surface area contributed by atoms with Gasteiger partial charge in [-0.3, -0.25) is 9.59 Å². The van der Waals surface area contributed by atoms with Crippen molar-refractivity contribution in [3.05, 3.63) is 71.8 Å². The molecule has 2 aromatic rings. The fraction of sp³-hybridized carbons (Fsp3) is 0.333. The van der Waals surface area contributed by atoms with E-state index in [-0.39, 0.29) is 17.5 Å². The van der Waals surface area contributed by atoms with E-state index in [1.165, 1.54) is 0 Å². The molecule has 24 heavy (non-hydrogen) atoms. The van der Waals surface area contributed by atoms with Crippen LogP contribution in [0.15, 0.2) is 60.7 Å². The molecule has 0 radical (unpaired) electrons. The van der Waals surface area contributed by atoms with Gasteiger partial charge in [0.2, 0.25) is 0 Å². The summed E-state index contributed by atoms with van der Waals surface area (Å²) in [6.07, 6.45) is -0.569. The molecule has 3 heteroatoms. The lowest BCUT2D eigenvalue weighted by Crippen LogP contribution is -2.39. The molecule has 2 saturated carbocycles. The number of ether oxygens (including phenoxy) is 1. The van der Waals surface area contributed by atoms with Crippen LogP contribution in [0.3, 0.4) is 0 Å². The predicted molar refractivity (Wildman–Crippen MR) is 88.6 cm³/mol. The molecule has 3 nitrogen and oxygen atoms in total. The van der Waals surface area contributed by atoms with Crippen molar-refractivity contribution in [3.8, 4) is 0 Å². The third-order valence-corrected chi connectivity index (χ3v) is 6.51. The normalized spacial score (nSPS) is 38.2. The fourth-order valence-corrected chi connectivity index (χ4v) is 5.18. The topological polar surface area (TPSA) is 46.7 Å². The van der Waals surface area contributed by atoms with Crippen molar-refractivity contribution in [1.29, 1.82) is 0 Å². The zero-order valence-electron chi connectivity index (χ0n) is 13.7. The van der Waals surface area contributed by atoms with E-state index in [4.69, 9.17) is 4.74 Å². The Morgan fingerprint density at radius 2 is 1.29 bits per heavy atom. The number of hydrogen-bond acceptors (Lipinski definition) is 3. The first-order valence-electron chi connectivity index (χ1n) is 8.36. The molecule has 3 aliphatic rings. The van der Waals surface area contributed by atoms with Crippen LogP contribution in [-0.2, 0) is 19.7 Å². The molecular formula is C21H18O3. The molecule has 0 unspecified atom stereocenters. The van der Waals surface area contributed by atoms with Crippen LogP contribution in [0.25, 0.3) is 0 Å². The second-order valence-corrected chi connectivity index (χ2v) is 7.51. The number of hydrogen-bond donors (Lipinski definition) is 0. The minimum atomic E-state index is -0.910. The summed E-state index contributed by atoms with van der Waals surface area (Å²) in [5.74, 6) is -0.212. The molecule has 2 aliphatic carbocycles. The van der Waals surface area contributed by atoms with E-state index in [2.05, 4.69) is 0 Å². The Labute approximate surface area is 140 Å². The Balaban J connectivity index is 1.79. The summed E-state index contributed by atoms with van der Waals surface area (Å²) in [7, 11) is 0. The third-order valence-electron chi connectivity index (χ3n) is 6.51. The maximum atomic E-state index is 13.2. The van der Waals surface area contributed by atoms with Crippen molar-refractivity contribution in [2.45, 2.75) is 31.0 Å². The van der Waals surface area contributed by atoms with Gasteiger partial charge in [0, 0.05) is 11.3 Å². The van der Waals surface area contributed by atoms with Crippen LogP contribution in [0.2, 0.25) is 0 Å². The van der Waals surface area contributed by atoms with E-state index >= 15 is 0 Å². The van der Waals surface area contributed by atoms with Gasteiger partial charge in [-0.05, 0) is 18.1 Å². The number of Topliss-reactive ketones (excluding diaryl/α,β-unsaturated/α-hetero) is 2. The van der Waals surface area contributed by atoms with Gasteiger partial charge < -0.3 is 4.74 Å². The van der Waals surface area contributed by atoms with Gasteiger partial charge in [-0.15, -0.1) is 0 Å². The number of benzene rings is 2. The van der Waals surface area contributed by atoms with Gasteiger partial charge >= 0.3 is 0 Å². The average Bonchev–Trinajstić information content (AvgIpc) is 3.47. The first kappa shape index (κ1) is 14.1. The number of ketones is 2. The summed E-state index contributed by atoms with van der Waals surface area (Å²) in [6, 6.07) is 20.0.